The molecule has 4 nitrogen and oxygen atoms in total. The zero-order valence-electron chi connectivity index (χ0n) is 11.4. The predicted molar refractivity (Wildman–Crippen MR) is 74.2 cm³/mol. The van der Waals surface area contributed by atoms with E-state index >= 15 is 0 Å². The highest BCUT2D eigenvalue weighted by atomic mass is 16.4. The molecule has 2 aromatic rings. The van der Waals surface area contributed by atoms with Crippen molar-refractivity contribution in [3.05, 3.63) is 40.7 Å². The Kier molecular flexibility index (Phi) is 3.69. The molecule has 1 aromatic carbocycles. The van der Waals surface area contributed by atoms with E-state index in [0.717, 1.165) is 22.5 Å². The summed E-state index contributed by atoms with van der Waals surface area (Å²) in [5.74, 6) is -0.799. The molecule has 0 saturated heterocycles. The van der Waals surface area contributed by atoms with Crippen LogP contribution in [-0.2, 0) is 11.2 Å². The van der Waals surface area contributed by atoms with Crippen LogP contribution in [0.25, 0.3) is 11.1 Å². The average Bonchev–Trinajstić information content (AvgIpc) is 2.68. The zero-order chi connectivity index (χ0) is 14.0. The maximum atomic E-state index is 10.7. The van der Waals surface area contributed by atoms with Crippen molar-refractivity contribution in [1.29, 1.82) is 0 Å². The van der Waals surface area contributed by atoms with Gasteiger partial charge in [-0.25, -0.2) is 0 Å². The molecule has 2 rings (SSSR count). The number of nitrogens with one attached hydrogen (secondary N) is 1. The van der Waals surface area contributed by atoms with Gasteiger partial charge in [-0.1, -0.05) is 23.8 Å². The number of hydrogen-bond donors (Lipinski definition) is 2. The number of aryl methyl sites for hydroxylation is 4. The third-order valence-electron chi connectivity index (χ3n) is 3.25. The first-order valence-electron chi connectivity index (χ1n) is 6.32. The maximum absolute atomic E-state index is 10.7. The van der Waals surface area contributed by atoms with Gasteiger partial charge >= 0.3 is 5.97 Å². The topological polar surface area (TPSA) is 66.0 Å². The molecule has 0 aliphatic carbocycles. The van der Waals surface area contributed by atoms with E-state index in [1.54, 1.807) is 0 Å². The quantitative estimate of drug-likeness (QED) is 0.885. The molecule has 0 radical (unpaired) electrons. The van der Waals surface area contributed by atoms with E-state index in [1.807, 2.05) is 6.92 Å². The van der Waals surface area contributed by atoms with Crippen LogP contribution in [0.1, 0.15) is 28.9 Å². The number of hydrogen-bond acceptors (Lipinski definition) is 2. The molecule has 0 atom stereocenters. The fourth-order valence-corrected chi connectivity index (χ4v) is 2.34. The van der Waals surface area contributed by atoms with Crippen LogP contribution < -0.4 is 0 Å². The Morgan fingerprint density at radius 1 is 1.32 bits per heavy atom. The first-order valence-corrected chi connectivity index (χ1v) is 6.32. The number of carboxylic acids is 1. The number of aromatic amines is 1. The van der Waals surface area contributed by atoms with E-state index in [4.69, 9.17) is 5.11 Å². The summed E-state index contributed by atoms with van der Waals surface area (Å²) in [5, 5.41) is 16.0. The van der Waals surface area contributed by atoms with Gasteiger partial charge < -0.3 is 5.11 Å². The van der Waals surface area contributed by atoms with Gasteiger partial charge in [-0.2, -0.15) is 5.10 Å². The van der Waals surface area contributed by atoms with Crippen molar-refractivity contribution in [1.82, 2.24) is 10.2 Å². The van der Waals surface area contributed by atoms with Gasteiger partial charge in [0.05, 0.1) is 12.1 Å². The van der Waals surface area contributed by atoms with Gasteiger partial charge in [0.2, 0.25) is 0 Å². The molecule has 2 N–H and O–H groups in total. The molecule has 1 aromatic heterocycles. The average molecular weight is 258 g/mol. The molecular formula is C15H18N2O2. The Balaban J connectivity index is 2.43. The fraction of sp³-hybridized carbons (Fsp3) is 0.333. The number of benzene rings is 1. The second-order valence-electron chi connectivity index (χ2n) is 4.88. The monoisotopic (exact) mass is 258 g/mol. The molecule has 0 aliphatic heterocycles. The highest BCUT2D eigenvalue weighted by Gasteiger charge is 2.15. The van der Waals surface area contributed by atoms with Crippen LogP contribution in [0.5, 0.6) is 0 Å². The summed E-state index contributed by atoms with van der Waals surface area (Å²) in [5.41, 5.74) is 6.37. The summed E-state index contributed by atoms with van der Waals surface area (Å²) >= 11 is 0. The highest BCUT2D eigenvalue weighted by molar-refractivity contribution is 5.73. The Hall–Kier alpha value is -2.10. The lowest BCUT2D eigenvalue weighted by molar-refractivity contribution is -0.136. The Bertz CT molecular complexity index is 615. The SMILES string of the molecule is Cc1ccc(-c2c(CCC(=O)O)n[nH]c2C)c(C)c1. The van der Waals surface area contributed by atoms with Gasteiger partial charge in [0.25, 0.3) is 0 Å². The molecule has 0 amide bonds. The number of rotatable bonds is 4. The van der Waals surface area contributed by atoms with Crippen LogP contribution in [-0.4, -0.2) is 21.3 Å². The van der Waals surface area contributed by atoms with Crippen molar-refractivity contribution in [2.75, 3.05) is 0 Å². The lowest BCUT2D eigenvalue weighted by Crippen LogP contribution is -1.99. The van der Waals surface area contributed by atoms with Crippen molar-refractivity contribution < 1.29 is 9.90 Å². The number of aliphatic carboxylic acids is 1. The van der Waals surface area contributed by atoms with E-state index in [9.17, 15) is 4.79 Å². The van der Waals surface area contributed by atoms with Gasteiger partial charge in [-0.3, -0.25) is 9.89 Å². The predicted octanol–water partition coefficient (Wildman–Crippen LogP) is 3.02. The second kappa shape index (κ2) is 5.26. The van der Waals surface area contributed by atoms with Crippen LogP contribution in [0, 0.1) is 20.8 Å². The lowest BCUT2D eigenvalue weighted by Gasteiger charge is -2.08. The number of carbonyl (C=O) groups is 1. The second-order valence-corrected chi connectivity index (χ2v) is 4.88. The summed E-state index contributed by atoms with van der Waals surface area (Å²) in [4.78, 5) is 10.7. The van der Waals surface area contributed by atoms with Gasteiger partial charge in [-0.15, -0.1) is 0 Å². The number of H-pyrrole nitrogens is 1. The van der Waals surface area contributed by atoms with Crippen LogP contribution in [0.2, 0.25) is 0 Å². The maximum Gasteiger partial charge on any atom is 0.303 e. The Morgan fingerprint density at radius 3 is 2.68 bits per heavy atom. The largest absolute Gasteiger partial charge is 0.481 e. The van der Waals surface area contributed by atoms with Crippen LogP contribution in [0.4, 0.5) is 0 Å². The van der Waals surface area contributed by atoms with Crippen LogP contribution >= 0.6 is 0 Å². The number of nitrogens with zero attached hydrogens (tertiary/aromatic N) is 1. The smallest absolute Gasteiger partial charge is 0.303 e. The molecule has 0 bridgehead atoms. The van der Waals surface area contributed by atoms with Gasteiger partial charge in [0.15, 0.2) is 0 Å². The first-order chi connectivity index (χ1) is 8.99. The first kappa shape index (κ1) is 13.3. The van der Waals surface area contributed by atoms with Gasteiger partial charge in [0, 0.05) is 17.7 Å². The molecule has 100 valence electrons. The van der Waals surface area contributed by atoms with Crippen LogP contribution in [0.3, 0.4) is 0 Å². The van der Waals surface area contributed by atoms with Crippen molar-refractivity contribution in [2.45, 2.75) is 33.6 Å². The summed E-state index contributed by atoms with van der Waals surface area (Å²) in [6.07, 6.45) is 0.546. The fourth-order valence-electron chi connectivity index (χ4n) is 2.34. The molecule has 1 heterocycles. The highest BCUT2D eigenvalue weighted by Crippen LogP contribution is 2.29. The van der Waals surface area contributed by atoms with Crippen molar-refractivity contribution in [2.24, 2.45) is 0 Å². The van der Waals surface area contributed by atoms with E-state index in [2.05, 4.69) is 42.2 Å². The van der Waals surface area contributed by atoms with Crippen LogP contribution in [0.15, 0.2) is 18.2 Å². The minimum atomic E-state index is -0.799. The summed E-state index contributed by atoms with van der Waals surface area (Å²) in [6, 6.07) is 6.27. The van der Waals surface area contributed by atoms with E-state index in [0.29, 0.717) is 6.42 Å². The third-order valence-corrected chi connectivity index (χ3v) is 3.25. The normalized spacial score (nSPS) is 10.7. The van der Waals surface area contributed by atoms with Crippen molar-refractivity contribution in [3.63, 3.8) is 0 Å². The van der Waals surface area contributed by atoms with Crippen molar-refractivity contribution in [3.8, 4) is 11.1 Å². The molecule has 0 spiro atoms. The third kappa shape index (κ3) is 2.84. The zero-order valence-corrected chi connectivity index (χ0v) is 11.4. The summed E-state index contributed by atoms with van der Waals surface area (Å²) in [7, 11) is 0. The lowest BCUT2D eigenvalue weighted by atomic mass is 9.96. The van der Waals surface area contributed by atoms with Crippen molar-refractivity contribution >= 4 is 5.97 Å². The van der Waals surface area contributed by atoms with E-state index < -0.39 is 5.97 Å². The summed E-state index contributed by atoms with van der Waals surface area (Å²) in [6.45, 7) is 6.09. The molecule has 0 aliphatic rings. The number of carboxylic acid groups (broad SMARTS) is 1. The molecular weight excluding hydrogens is 240 g/mol. The summed E-state index contributed by atoms with van der Waals surface area (Å²) < 4.78 is 0. The minimum Gasteiger partial charge on any atom is -0.481 e. The minimum absolute atomic E-state index is 0.0994. The molecule has 0 unspecified atom stereocenters. The molecule has 19 heavy (non-hydrogen) atoms. The van der Waals surface area contributed by atoms with Gasteiger partial charge in [0.1, 0.15) is 0 Å². The molecule has 4 heteroatoms. The molecule has 0 saturated carbocycles. The Morgan fingerprint density at radius 2 is 2.05 bits per heavy atom. The van der Waals surface area contributed by atoms with E-state index in [1.165, 1.54) is 11.1 Å². The standard InChI is InChI=1S/C15H18N2O2/c1-9-4-5-12(10(2)8-9)15-11(3)16-17-13(15)6-7-14(18)19/h4-5,8H,6-7H2,1-3H3,(H,16,17)(H,18,19). The number of aromatic nitrogens is 2. The van der Waals surface area contributed by atoms with E-state index in [-0.39, 0.29) is 6.42 Å². The Labute approximate surface area is 112 Å². The van der Waals surface area contributed by atoms with Gasteiger partial charge in [-0.05, 0) is 31.9 Å². The molecule has 0 fully saturated rings.